The number of para-hydroxylation sites is 1. The molecule has 1 aliphatic rings. The van der Waals surface area contributed by atoms with Crippen molar-refractivity contribution >= 4 is 28.9 Å². The zero-order chi connectivity index (χ0) is 13.2. The summed E-state index contributed by atoms with van der Waals surface area (Å²) in [4.78, 5) is 12.2. The van der Waals surface area contributed by atoms with Crippen LogP contribution in [0.4, 0.5) is 11.4 Å². The number of rotatable bonds is 2. The first-order valence-electron chi connectivity index (χ1n) is 6.13. The Hall–Kier alpha value is -2.00. The minimum absolute atomic E-state index is 0.0431. The van der Waals surface area contributed by atoms with E-state index >= 15 is 0 Å². The van der Waals surface area contributed by atoms with Crippen LogP contribution in [0.15, 0.2) is 48.5 Å². The molecule has 3 rings (SSSR count). The Balaban J connectivity index is 1.70. The van der Waals surface area contributed by atoms with Gasteiger partial charge in [0.15, 0.2) is 0 Å². The van der Waals surface area contributed by atoms with E-state index in [0.717, 1.165) is 11.4 Å². The molecule has 0 fully saturated rings. The van der Waals surface area contributed by atoms with Gasteiger partial charge in [-0.1, -0.05) is 35.9 Å². The van der Waals surface area contributed by atoms with E-state index in [1.165, 1.54) is 5.56 Å². The summed E-state index contributed by atoms with van der Waals surface area (Å²) in [5.41, 5.74) is 2.93. The molecule has 2 aromatic rings. The van der Waals surface area contributed by atoms with Crippen molar-refractivity contribution < 1.29 is 4.79 Å². The number of nitrogens with one attached hydrogen (secondary N) is 2. The van der Waals surface area contributed by atoms with Gasteiger partial charge in [-0.15, -0.1) is 0 Å². The normalized spacial score (nSPS) is 16.6. The summed E-state index contributed by atoms with van der Waals surface area (Å²) < 4.78 is 0. The number of amides is 1. The monoisotopic (exact) mass is 272 g/mol. The number of carbonyl (C=O) groups excluding carboxylic acids is 1. The van der Waals surface area contributed by atoms with Crippen molar-refractivity contribution in [3.63, 3.8) is 0 Å². The highest BCUT2D eigenvalue weighted by Crippen LogP contribution is 2.26. The van der Waals surface area contributed by atoms with Crippen molar-refractivity contribution in [2.75, 3.05) is 10.6 Å². The number of benzene rings is 2. The number of anilines is 2. The SMILES string of the molecule is O=C(Nc1cccc(Cl)c1)[C@@H]1Cc2ccccc2N1. The van der Waals surface area contributed by atoms with Crippen molar-refractivity contribution in [1.82, 2.24) is 0 Å². The van der Waals surface area contributed by atoms with Crippen LogP contribution in [-0.2, 0) is 11.2 Å². The van der Waals surface area contributed by atoms with Crippen molar-refractivity contribution in [3.05, 3.63) is 59.1 Å². The molecule has 96 valence electrons. The molecule has 0 spiro atoms. The van der Waals surface area contributed by atoms with Gasteiger partial charge in [0.2, 0.25) is 5.91 Å². The molecule has 2 aromatic carbocycles. The van der Waals surface area contributed by atoms with Crippen molar-refractivity contribution in [1.29, 1.82) is 0 Å². The van der Waals surface area contributed by atoms with Gasteiger partial charge >= 0.3 is 0 Å². The number of carbonyl (C=O) groups is 1. The Morgan fingerprint density at radius 3 is 2.84 bits per heavy atom. The smallest absolute Gasteiger partial charge is 0.247 e. The number of hydrogen-bond donors (Lipinski definition) is 2. The highest BCUT2D eigenvalue weighted by atomic mass is 35.5. The Kier molecular flexibility index (Phi) is 3.13. The summed E-state index contributed by atoms with van der Waals surface area (Å²) in [6.07, 6.45) is 0.711. The van der Waals surface area contributed by atoms with Crippen molar-refractivity contribution in [2.24, 2.45) is 0 Å². The van der Waals surface area contributed by atoms with Crippen LogP contribution in [0.5, 0.6) is 0 Å². The van der Waals surface area contributed by atoms with E-state index < -0.39 is 0 Å². The zero-order valence-corrected chi connectivity index (χ0v) is 10.9. The van der Waals surface area contributed by atoms with Crippen molar-refractivity contribution in [3.8, 4) is 0 Å². The second-order valence-electron chi connectivity index (χ2n) is 4.56. The maximum Gasteiger partial charge on any atom is 0.247 e. The predicted molar refractivity (Wildman–Crippen MR) is 77.6 cm³/mol. The maximum absolute atomic E-state index is 12.2. The highest BCUT2D eigenvalue weighted by molar-refractivity contribution is 6.30. The zero-order valence-electron chi connectivity index (χ0n) is 10.2. The second kappa shape index (κ2) is 4.94. The second-order valence-corrected chi connectivity index (χ2v) is 4.99. The predicted octanol–water partition coefficient (Wildman–Crippen LogP) is 3.32. The third-order valence-corrected chi connectivity index (χ3v) is 3.41. The van der Waals surface area contributed by atoms with Gasteiger partial charge < -0.3 is 10.6 Å². The van der Waals surface area contributed by atoms with E-state index in [0.29, 0.717) is 11.4 Å². The van der Waals surface area contributed by atoms with Gasteiger partial charge in [-0.2, -0.15) is 0 Å². The standard InChI is InChI=1S/C15H13ClN2O/c16-11-5-3-6-12(9-11)17-15(19)14-8-10-4-1-2-7-13(10)18-14/h1-7,9,14,18H,8H2,(H,17,19)/t14-/m0/s1. The molecular weight excluding hydrogens is 260 g/mol. The molecule has 1 atom stereocenters. The Morgan fingerprint density at radius 1 is 1.21 bits per heavy atom. The van der Waals surface area contributed by atoms with Crippen LogP contribution < -0.4 is 10.6 Å². The van der Waals surface area contributed by atoms with Gasteiger partial charge in [0.05, 0.1) is 0 Å². The molecule has 3 nitrogen and oxygen atoms in total. The first kappa shape index (κ1) is 12.1. The third-order valence-electron chi connectivity index (χ3n) is 3.18. The average Bonchev–Trinajstić information content (AvgIpc) is 2.82. The van der Waals surface area contributed by atoms with Crippen molar-refractivity contribution in [2.45, 2.75) is 12.5 Å². The van der Waals surface area contributed by atoms with E-state index in [1.807, 2.05) is 36.4 Å². The molecule has 19 heavy (non-hydrogen) atoms. The van der Waals surface area contributed by atoms with Crippen LogP contribution in [0.25, 0.3) is 0 Å². The Bertz CT molecular complexity index is 602. The molecule has 0 unspecified atom stereocenters. The summed E-state index contributed by atoms with van der Waals surface area (Å²) in [6.45, 7) is 0. The molecular formula is C15H13ClN2O. The molecule has 4 heteroatoms. The summed E-state index contributed by atoms with van der Waals surface area (Å²) in [7, 11) is 0. The highest BCUT2D eigenvalue weighted by Gasteiger charge is 2.26. The molecule has 0 saturated carbocycles. The van der Waals surface area contributed by atoms with Gasteiger partial charge in [-0.3, -0.25) is 4.79 Å². The fraction of sp³-hybridized carbons (Fsp3) is 0.133. The molecule has 0 saturated heterocycles. The summed E-state index contributed by atoms with van der Waals surface area (Å²) >= 11 is 5.89. The summed E-state index contributed by atoms with van der Waals surface area (Å²) in [5, 5.41) is 6.71. The van der Waals surface area contributed by atoms with Gasteiger partial charge in [-0.25, -0.2) is 0 Å². The van der Waals surface area contributed by atoms with Crippen LogP contribution >= 0.6 is 11.6 Å². The van der Waals surface area contributed by atoms with E-state index in [1.54, 1.807) is 12.1 Å². The minimum atomic E-state index is -0.226. The van der Waals surface area contributed by atoms with Crippen LogP contribution in [0.3, 0.4) is 0 Å². The van der Waals surface area contributed by atoms with Crippen LogP contribution in [-0.4, -0.2) is 11.9 Å². The Labute approximate surface area is 116 Å². The third kappa shape index (κ3) is 2.56. The van der Waals surface area contributed by atoms with Crippen LogP contribution in [0, 0.1) is 0 Å². The van der Waals surface area contributed by atoms with Gasteiger partial charge in [-0.05, 0) is 29.8 Å². The lowest BCUT2D eigenvalue weighted by Gasteiger charge is -2.12. The largest absolute Gasteiger partial charge is 0.373 e. The molecule has 0 bridgehead atoms. The van der Waals surface area contributed by atoms with Crippen LogP contribution in [0.1, 0.15) is 5.56 Å². The lowest BCUT2D eigenvalue weighted by molar-refractivity contribution is -0.116. The molecule has 0 aliphatic carbocycles. The van der Waals surface area contributed by atoms with E-state index in [2.05, 4.69) is 10.6 Å². The molecule has 1 aliphatic heterocycles. The molecule has 2 N–H and O–H groups in total. The fourth-order valence-corrected chi connectivity index (χ4v) is 2.44. The van der Waals surface area contributed by atoms with Gasteiger partial charge in [0, 0.05) is 22.8 Å². The lowest BCUT2D eigenvalue weighted by Crippen LogP contribution is -2.32. The first-order chi connectivity index (χ1) is 9.22. The minimum Gasteiger partial charge on any atom is -0.373 e. The number of halogens is 1. The molecule has 0 radical (unpaired) electrons. The van der Waals surface area contributed by atoms with Crippen LogP contribution in [0.2, 0.25) is 5.02 Å². The Morgan fingerprint density at radius 2 is 2.05 bits per heavy atom. The maximum atomic E-state index is 12.2. The summed E-state index contributed by atoms with van der Waals surface area (Å²) in [5.74, 6) is -0.0431. The number of hydrogen-bond acceptors (Lipinski definition) is 2. The van der Waals surface area contributed by atoms with E-state index in [9.17, 15) is 4.79 Å². The lowest BCUT2D eigenvalue weighted by atomic mass is 10.1. The topological polar surface area (TPSA) is 41.1 Å². The molecule has 1 amide bonds. The van der Waals surface area contributed by atoms with Gasteiger partial charge in [0.1, 0.15) is 6.04 Å². The molecule has 1 heterocycles. The molecule has 0 aromatic heterocycles. The average molecular weight is 273 g/mol. The number of fused-ring (bicyclic) bond motifs is 1. The first-order valence-corrected chi connectivity index (χ1v) is 6.51. The van der Waals surface area contributed by atoms with E-state index in [-0.39, 0.29) is 11.9 Å². The fourth-order valence-electron chi connectivity index (χ4n) is 2.25. The quantitative estimate of drug-likeness (QED) is 0.881. The van der Waals surface area contributed by atoms with E-state index in [4.69, 9.17) is 11.6 Å². The van der Waals surface area contributed by atoms with Gasteiger partial charge in [0.25, 0.3) is 0 Å². The summed E-state index contributed by atoms with van der Waals surface area (Å²) in [6, 6.07) is 14.9.